The molecule has 46 heavy (non-hydrogen) atoms. The first-order valence-corrected chi connectivity index (χ1v) is 17.7. The van der Waals surface area contributed by atoms with Gasteiger partial charge in [-0.05, 0) is 140 Å². The highest BCUT2D eigenvalue weighted by molar-refractivity contribution is 6.57. The third-order valence-electron chi connectivity index (χ3n) is 13.5. The Labute approximate surface area is 281 Å². The summed E-state index contributed by atoms with van der Waals surface area (Å²) in [6.45, 7) is 30.0. The van der Waals surface area contributed by atoms with E-state index in [0.29, 0.717) is 10.7 Å². The van der Waals surface area contributed by atoms with E-state index in [4.69, 9.17) is 32.7 Å². The first kappa shape index (κ1) is 37.1. The Kier molecular flexibility index (Phi) is 9.21. The molecule has 6 aliphatic carbocycles. The average molecular weight is 647 g/mol. The van der Waals surface area contributed by atoms with Crippen LogP contribution >= 0.6 is 0 Å². The summed E-state index contributed by atoms with van der Waals surface area (Å²) in [5.41, 5.74) is -0.671. The quantitative estimate of drug-likeness (QED) is 0.252. The maximum atomic E-state index is 6.29. The first-order chi connectivity index (χ1) is 20.8. The molecule has 10 rings (SSSR count). The summed E-state index contributed by atoms with van der Waals surface area (Å²) in [6, 6.07) is 0. The van der Waals surface area contributed by atoms with Crippen molar-refractivity contribution >= 4 is 21.4 Å². The number of hydrogen-bond donors (Lipinski definition) is 1. The third-order valence-corrected chi connectivity index (χ3v) is 13.5. The second-order valence-electron chi connectivity index (χ2n) is 19.3. The van der Waals surface area contributed by atoms with Gasteiger partial charge in [-0.3, -0.25) is 0 Å². The molecule has 10 aliphatic rings. The van der Waals surface area contributed by atoms with Gasteiger partial charge < -0.3 is 37.5 Å². The molecule has 0 aromatic rings. The SMILES string of the molecule is C1CCOC1.CC1(C)OB(C23CC(B4OC(C)(C)C(C)(C)O4)(C2)C3)OC1(C)C.CC12CC(B3OC(C)(C)C(C)(C)O3)(C1)C2.CON. The Morgan fingerprint density at radius 3 is 0.826 bits per heavy atom. The molecule has 4 aliphatic heterocycles. The number of rotatable bonds is 3. The van der Waals surface area contributed by atoms with E-state index in [1.165, 1.54) is 39.2 Å². The summed E-state index contributed by atoms with van der Waals surface area (Å²) in [6.07, 6.45) is 9.74. The molecular formula is C34H64B3NO8. The first-order valence-electron chi connectivity index (χ1n) is 17.7. The smallest absolute Gasteiger partial charge is 0.403 e. The molecule has 0 amide bonds. The van der Waals surface area contributed by atoms with Crippen LogP contribution in [0.1, 0.15) is 141 Å². The van der Waals surface area contributed by atoms with E-state index in [2.05, 4.69) is 101 Å². The van der Waals surface area contributed by atoms with Gasteiger partial charge >= 0.3 is 21.4 Å². The fourth-order valence-corrected chi connectivity index (χ4v) is 8.88. The van der Waals surface area contributed by atoms with Crippen LogP contribution in [-0.2, 0) is 37.5 Å². The van der Waals surface area contributed by atoms with Gasteiger partial charge in [0.15, 0.2) is 0 Å². The zero-order chi connectivity index (χ0) is 34.5. The summed E-state index contributed by atoms with van der Waals surface area (Å²) >= 11 is 0. The number of ether oxygens (including phenoxy) is 1. The summed E-state index contributed by atoms with van der Waals surface area (Å²) in [4.78, 5) is 3.75. The second-order valence-corrected chi connectivity index (χ2v) is 19.3. The van der Waals surface area contributed by atoms with Gasteiger partial charge in [-0.1, -0.05) is 6.92 Å². The lowest BCUT2D eigenvalue weighted by Gasteiger charge is -2.71. The summed E-state index contributed by atoms with van der Waals surface area (Å²) in [5, 5.41) is 0.725. The molecule has 0 spiro atoms. The molecule has 0 unspecified atom stereocenters. The molecule has 0 aromatic heterocycles. The van der Waals surface area contributed by atoms with Crippen LogP contribution in [0.2, 0.25) is 15.9 Å². The molecule has 6 saturated carbocycles. The fraction of sp³-hybridized carbons (Fsp3) is 1.00. The molecule has 262 valence electrons. The number of nitrogens with two attached hydrogens (primary N) is 1. The third kappa shape index (κ3) is 5.99. The van der Waals surface area contributed by atoms with Gasteiger partial charge in [-0.25, -0.2) is 5.90 Å². The van der Waals surface area contributed by atoms with Crippen LogP contribution in [0.3, 0.4) is 0 Å². The molecular weight excluding hydrogens is 583 g/mol. The van der Waals surface area contributed by atoms with Crippen LogP contribution in [-0.4, -0.2) is 75.3 Å². The summed E-state index contributed by atoms with van der Waals surface area (Å²) in [7, 11) is 1.28. The lowest BCUT2D eigenvalue weighted by molar-refractivity contribution is -0.0936. The van der Waals surface area contributed by atoms with Crippen molar-refractivity contribution in [3.05, 3.63) is 0 Å². The summed E-state index contributed by atoms with van der Waals surface area (Å²) < 4.78 is 42.4. The minimum Gasteiger partial charge on any atom is -0.403 e. The van der Waals surface area contributed by atoms with Crippen molar-refractivity contribution in [1.82, 2.24) is 0 Å². The van der Waals surface area contributed by atoms with Crippen molar-refractivity contribution in [2.45, 2.75) is 191 Å². The lowest BCUT2D eigenvalue weighted by Crippen LogP contribution is -2.65. The van der Waals surface area contributed by atoms with Gasteiger partial charge in [0.2, 0.25) is 0 Å². The molecule has 10 fully saturated rings. The van der Waals surface area contributed by atoms with Crippen molar-refractivity contribution in [3.63, 3.8) is 0 Å². The fourth-order valence-electron chi connectivity index (χ4n) is 8.88. The Morgan fingerprint density at radius 2 is 0.652 bits per heavy atom. The van der Waals surface area contributed by atoms with Gasteiger partial charge in [0, 0.05) is 29.2 Å². The van der Waals surface area contributed by atoms with E-state index in [1.54, 1.807) is 0 Å². The van der Waals surface area contributed by atoms with Gasteiger partial charge in [-0.2, -0.15) is 0 Å². The number of hydrogen-bond acceptors (Lipinski definition) is 9. The lowest BCUT2D eigenvalue weighted by atomic mass is 9.16. The molecule has 9 nitrogen and oxygen atoms in total. The van der Waals surface area contributed by atoms with Crippen LogP contribution in [0.15, 0.2) is 0 Å². The van der Waals surface area contributed by atoms with E-state index in [9.17, 15) is 0 Å². The normalized spacial score (nSPS) is 41.7. The minimum absolute atomic E-state index is 0.0457. The predicted molar refractivity (Wildman–Crippen MR) is 183 cm³/mol. The molecule has 4 saturated heterocycles. The monoisotopic (exact) mass is 647 g/mol. The van der Waals surface area contributed by atoms with Crippen LogP contribution < -0.4 is 5.90 Å². The Balaban J connectivity index is 0.000000154. The van der Waals surface area contributed by atoms with Gasteiger partial charge in [-0.15, -0.1) is 0 Å². The molecule has 2 N–H and O–H groups in total. The standard InChI is InChI=1S/C17H30B2O4.C12H21BO2.C4H8O.CH5NO/c1-12(2)13(3,4)21-18(20-12)16-9-17(10-16,11-16)19-22-14(5,6)15(7,8)23-19;1-9(2)10(3,4)15-13(14-9)12-6-11(5,7-12)8-12;1-2-4-5-3-1;1-3-2/h9-11H2,1-8H3;6-8H2,1-5H3;1-4H2;2H2,1H3. The second kappa shape index (κ2) is 11.4. The predicted octanol–water partition coefficient (Wildman–Crippen LogP) is 7.18. The van der Waals surface area contributed by atoms with Crippen LogP contribution in [0.4, 0.5) is 0 Å². The zero-order valence-electron chi connectivity index (χ0n) is 31.6. The van der Waals surface area contributed by atoms with E-state index in [-0.39, 0.29) is 65.6 Å². The van der Waals surface area contributed by atoms with E-state index < -0.39 is 0 Å². The van der Waals surface area contributed by atoms with E-state index in [0.717, 1.165) is 32.5 Å². The Bertz CT molecular complexity index is 996. The van der Waals surface area contributed by atoms with Gasteiger partial charge in [0.25, 0.3) is 0 Å². The molecule has 12 heteroatoms. The van der Waals surface area contributed by atoms with Crippen molar-refractivity contribution in [3.8, 4) is 0 Å². The van der Waals surface area contributed by atoms with Gasteiger partial charge in [0.1, 0.15) is 0 Å². The molecule has 4 heterocycles. The van der Waals surface area contributed by atoms with Crippen molar-refractivity contribution in [1.29, 1.82) is 0 Å². The molecule has 4 bridgehead atoms. The molecule has 0 aromatic carbocycles. The van der Waals surface area contributed by atoms with Crippen molar-refractivity contribution in [2.24, 2.45) is 11.3 Å². The van der Waals surface area contributed by atoms with Crippen LogP contribution in [0.5, 0.6) is 0 Å². The Hall–Kier alpha value is -0.165. The topological polar surface area (TPSA) is 99.9 Å². The van der Waals surface area contributed by atoms with E-state index in [1.807, 2.05) is 0 Å². The minimum atomic E-state index is -0.245. The zero-order valence-corrected chi connectivity index (χ0v) is 31.6. The highest BCUT2D eigenvalue weighted by atomic mass is 16.7. The maximum absolute atomic E-state index is 6.29. The molecule has 0 atom stereocenters. The average Bonchev–Trinajstić information content (AvgIpc) is 3.53. The highest BCUT2D eigenvalue weighted by Gasteiger charge is 2.82. The molecule has 0 radical (unpaired) electrons. The van der Waals surface area contributed by atoms with E-state index >= 15 is 0 Å². The van der Waals surface area contributed by atoms with Crippen molar-refractivity contribution in [2.75, 3.05) is 20.3 Å². The van der Waals surface area contributed by atoms with Crippen LogP contribution in [0, 0.1) is 5.41 Å². The highest BCUT2D eigenvalue weighted by Crippen LogP contribution is 2.87. The maximum Gasteiger partial charge on any atom is 0.464 e. The van der Waals surface area contributed by atoms with Gasteiger partial charge in [0.05, 0.1) is 40.7 Å². The Morgan fingerprint density at radius 1 is 0.435 bits per heavy atom. The van der Waals surface area contributed by atoms with Crippen LogP contribution in [0.25, 0.3) is 0 Å². The van der Waals surface area contributed by atoms with Crippen molar-refractivity contribution < 1.29 is 37.5 Å². The largest absolute Gasteiger partial charge is 0.464 e. The summed E-state index contributed by atoms with van der Waals surface area (Å²) in [5.74, 6) is 4.35.